The average Bonchev–Trinajstić information content (AvgIpc) is 2.33. The quantitative estimate of drug-likeness (QED) is 0.813. The SMILES string of the molecule is COCCC(C)C(CN)Cc1cccc(Cl)c1. The number of hydrogen-bond donors (Lipinski definition) is 1. The molecule has 1 aromatic carbocycles. The Morgan fingerprint density at radius 2 is 2.18 bits per heavy atom. The molecule has 1 aromatic rings. The topological polar surface area (TPSA) is 35.2 Å². The molecule has 0 radical (unpaired) electrons. The van der Waals surface area contributed by atoms with Crippen LogP contribution < -0.4 is 5.73 Å². The van der Waals surface area contributed by atoms with Gasteiger partial charge in [-0.15, -0.1) is 0 Å². The maximum atomic E-state index is 5.98. The van der Waals surface area contributed by atoms with E-state index in [1.54, 1.807) is 7.11 Å². The Balaban J connectivity index is 2.56. The van der Waals surface area contributed by atoms with Gasteiger partial charge in [0, 0.05) is 18.7 Å². The van der Waals surface area contributed by atoms with Crippen molar-refractivity contribution in [2.75, 3.05) is 20.3 Å². The molecule has 0 spiro atoms. The zero-order chi connectivity index (χ0) is 12.7. The third-order valence-electron chi connectivity index (χ3n) is 3.27. The van der Waals surface area contributed by atoms with E-state index in [9.17, 15) is 0 Å². The second kappa shape index (κ2) is 7.70. The Morgan fingerprint density at radius 3 is 2.76 bits per heavy atom. The van der Waals surface area contributed by atoms with E-state index in [1.807, 2.05) is 18.2 Å². The summed E-state index contributed by atoms with van der Waals surface area (Å²) in [7, 11) is 1.74. The molecule has 2 atom stereocenters. The monoisotopic (exact) mass is 255 g/mol. The first-order valence-corrected chi connectivity index (χ1v) is 6.48. The Hall–Kier alpha value is -0.570. The van der Waals surface area contributed by atoms with E-state index in [0.717, 1.165) is 24.5 Å². The third-order valence-corrected chi connectivity index (χ3v) is 3.51. The van der Waals surface area contributed by atoms with Crippen molar-refractivity contribution >= 4 is 11.6 Å². The van der Waals surface area contributed by atoms with Crippen LogP contribution >= 0.6 is 11.6 Å². The molecule has 0 amide bonds. The summed E-state index contributed by atoms with van der Waals surface area (Å²) in [4.78, 5) is 0. The molecule has 0 heterocycles. The standard InChI is InChI=1S/C14H22ClNO/c1-11(6-7-17-2)13(10-16)8-12-4-3-5-14(15)9-12/h3-5,9,11,13H,6-8,10,16H2,1-2H3. The van der Waals surface area contributed by atoms with E-state index in [1.165, 1.54) is 5.56 Å². The van der Waals surface area contributed by atoms with E-state index in [2.05, 4.69) is 13.0 Å². The van der Waals surface area contributed by atoms with Crippen molar-refractivity contribution < 1.29 is 4.74 Å². The zero-order valence-electron chi connectivity index (χ0n) is 10.7. The Morgan fingerprint density at radius 1 is 1.41 bits per heavy atom. The molecular weight excluding hydrogens is 234 g/mol. The highest BCUT2D eigenvalue weighted by atomic mass is 35.5. The summed E-state index contributed by atoms with van der Waals surface area (Å²) in [5.41, 5.74) is 7.12. The molecule has 17 heavy (non-hydrogen) atoms. The van der Waals surface area contributed by atoms with Crippen LogP contribution in [-0.4, -0.2) is 20.3 Å². The van der Waals surface area contributed by atoms with E-state index < -0.39 is 0 Å². The fourth-order valence-corrected chi connectivity index (χ4v) is 2.24. The van der Waals surface area contributed by atoms with Gasteiger partial charge >= 0.3 is 0 Å². The summed E-state index contributed by atoms with van der Waals surface area (Å²) in [5.74, 6) is 1.06. The first kappa shape index (κ1) is 14.5. The maximum Gasteiger partial charge on any atom is 0.0464 e. The highest BCUT2D eigenvalue weighted by Crippen LogP contribution is 2.21. The summed E-state index contributed by atoms with van der Waals surface area (Å²) < 4.78 is 5.11. The second-order valence-corrected chi connectivity index (χ2v) is 5.03. The second-order valence-electron chi connectivity index (χ2n) is 4.59. The van der Waals surface area contributed by atoms with Crippen LogP contribution in [0.15, 0.2) is 24.3 Å². The summed E-state index contributed by atoms with van der Waals surface area (Å²) in [6.07, 6.45) is 2.04. The van der Waals surface area contributed by atoms with Gasteiger partial charge in [-0.1, -0.05) is 30.7 Å². The molecule has 0 aliphatic heterocycles. The molecule has 2 nitrogen and oxygen atoms in total. The lowest BCUT2D eigenvalue weighted by atomic mass is 9.86. The predicted molar refractivity (Wildman–Crippen MR) is 73.4 cm³/mol. The number of rotatable bonds is 7. The van der Waals surface area contributed by atoms with Crippen molar-refractivity contribution in [1.29, 1.82) is 0 Å². The van der Waals surface area contributed by atoms with Gasteiger partial charge in [-0.2, -0.15) is 0 Å². The van der Waals surface area contributed by atoms with Crippen molar-refractivity contribution in [2.45, 2.75) is 19.8 Å². The zero-order valence-corrected chi connectivity index (χ0v) is 11.4. The number of methoxy groups -OCH3 is 1. The number of nitrogens with two attached hydrogens (primary N) is 1. The third kappa shape index (κ3) is 5.07. The van der Waals surface area contributed by atoms with Crippen LogP contribution in [0.3, 0.4) is 0 Å². The largest absolute Gasteiger partial charge is 0.385 e. The fourth-order valence-electron chi connectivity index (χ4n) is 2.02. The minimum absolute atomic E-state index is 0.489. The minimum atomic E-state index is 0.489. The van der Waals surface area contributed by atoms with Gasteiger partial charge < -0.3 is 10.5 Å². The van der Waals surface area contributed by atoms with Gasteiger partial charge in [0.1, 0.15) is 0 Å². The molecule has 3 heteroatoms. The lowest BCUT2D eigenvalue weighted by Gasteiger charge is -2.22. The van der Waals surface area contributed by atoms with E-state index >= 15 is 0 Å². The van der Waals surface area contributed by atoms with Crippen molar-refractivity contribution in [1.82, 2.24) is 0 Å². The minimum Gasteiger partial charge on any atom is -0.385 e. The summed E-state index contributed by atoms with van der Waals surface area (Å²) in [5, 5.41) is 0.794. The van der Waals surface area contributed by atoms with Crippen LogP contribution in [0, 0.1) is 11.8 Å². The van der Waals surface area contributed by atoms with Gasteiger partial charge in [-0.3, -0.25) is 0 Å². The van der Waals surface area contributed by atoms with Crippen LogP contribution in [-0.2, 0) is 11.2 Å². The number of benzene rings is 1. The van der Waals surface area contributed by atoms with Crippen molar-refractivity contribution in [2.24, 2.45) is 17.6 Å². The number of halogens is 1. The van der Waals surface area contributed by atoms with Gasteiger partial charge in [-0.25, -0.2) is 0 Å². The smallest absolute Gasteiger partial charge is 0.0464 e. The van der Waals surface area contributed by atoms with E-state index in [0.29, 0.717) is 18.4 Å². The van der Waals surface area contributed by atoms with Crippen LogP contribution in [0.1, 0.15) is 18.9 Å². The van der Waals surface area contributed by atoms with E-state index in [4.69, 9.17) is 22.1 Å². The summed E-state index contributed by atoms with van der Waals surface area (Å²) in [6, 6.07) is 8.02. The molecule has 0 bridgehead atoms. The van der Waals surface area contributed by atoms with Crippen LogP contribution in [0.4, 0.5) is 0 Å². The first-order valence-electron chi connectivity index (χ1n) is 6.10. The molecule has 0 fully saturated rings. The molecule has 0 aromatic heterocycles. The van der Waals surface area contributed by atoms with Gasteiger partial charge in [0.15, 0.2) is 0 Å². The molecule has 0 saturated carbocycles. The molecule has 0 aliphatic rings. The highest BCUT2D eigenvalue weighted by molar-refractivity contribution is 6.30. The van der Waals surface area contributed by atoms with Gasteiger partial charge in [0.2, 0.25) is 0 Å². The molecule has 2 unspecified atom stereocenters. The van der Waals surface area contributed by atoms with E-state index in [-0.39, 0.29) is 0 Å². The highest BCUT2D eigenvalue weighted by Gasteiger charge is 2.16. The lowest BCUT2D eigenvalue weighted by Crippen LogP contribution is -2.24. The van der Waals surface area contributed by atoms with Crippen LogP contribution in [0.2, 0.25) is 5.02 Å². The summed E-state index contributed by atoms with van der Waals surface area (Å²) >= 11 is 5.98. The van der Waals surface area contributed by atoms with Crippen molar-refractivity contribution in [3.05, 3.63) is 34.9 Å². The number of ether oxygens (including phenoxy) is 1. The lowest BCUT2D eigenvalue weighted by molar-refractivity contribution is 0.166. The van der Waals surface area contributed by atoms with Crippen LogP contribution in [0.25, 0.3) is 0 Å². The molecule has 1 rings (SSSR count). The first-order chi connectivity index (χ1) is 8.17. The molecule has 2 N–H and O–H groups in total. The molecule has 0 aliphatic carbocycles. The van der Waals surface area contributed by atoms with Gasteiger partial charge in [0.25, 0.3) is 0 Å². The maximum absolute atomic E-state index is 5.98. The van der Waals surface area contributed by atoms with Crippen molar-refractivity contribution in [3.8, 4) is 0 Å². The number of hydrogen-bond acceptors (Lipinski definition) is 2. The van der Waals surface area contributed by atoms with Crippen LogP contribution in [0.5, 0.6) is 0 Å². The predicted octanol–water partition coefficient (Wildman–Crippen LogP) is 3.13. The Labute approximate surface area is 109 Å². The molecular formula is C14H22ClNO. The average molecular weight is 256 g/mol. The van der Waals surface area contributed by atoms with Gasteiger partial charge in [0.05, 0.1) is 0 Å². The Kier molecular flexibility index (Phi) is 6.56. The molecule has 0 saturated heterocycles. The molecule has 96 valence electrons. The summed E-state index contributed by atoms with van der Waals surface area (Å²) in [6.45, 7) is 3.74. The van der Waals surface area contributed by atoms with Crippen molar-refractivity contribution in [3.63, 3.8) is 0 Å². The normalized spacial score (nSPS) is 14.6. The van der Waals surface area contributed by atoms with Gasteiger partial charge in [-0.05, 0) is 48.9 Å². The Bertz CT molecular complexity index is 330. The fraction of sp³-hybridized carbons (Fsp3) is 0.571.